The molecule has 0 N–H and O–H groups in total. The number of hydrogen-bond donors (Lipinski definition) is 0. The Hall–Kier alpha value is -3.02. The number of hydrogen-bond acceptors (Lipinski definition) is 0. The molecule has 0 fully saturated rings. The topological polar surface area (TPSA) is 0 Å². The molecule has 38 heavy (non-hydrogen) atoms. The van der Waals surface area contributed by atoms with Crippen LogP contribution in [-0.4, -0.2) is 3.21 Å². The van der Waals surface area contributed by atoms with Gasteiger partial charge in [0, 0.05) is 0 Å². The minimum atomic E-state index is 0. The standard InChI is InChI=1S/C15H13.C13H10.C7H9.2CH3.Zr/c1-10-3-5-14-12(7-10)9-13-8-11(2)4-6-15(13)14;1-3-7-12(8-4-1)11-13-9-5-2-6-10-13;1-6-4-3-5-7(6)2;;;/h3-9H,1-2H3;1-10H;4H,5H2,1-2H3;2*1H3;/q-1;;3*-1;. The Balaban J connectivity index is 0.000000207. The van der Waals surface area contributed by atoms with Crippen molar-refractivity contribution in [3.63, 3.8) is 0 Å². The number of fused-ring (bicyclic) bond motifs is 3. The average Bonchev–Trinajstić information content (AvgIpc) is 3.45. The Morgan fingerprint density at radius 3 is 1.45 bits per heavy atom. The Kier molecular flexibility index (Phi) is 12.2. The summed E-state index contributed by atoms with van der Waals surface area (Å²) < 4.78 is 1.42. The Labute approximate surface area is 245 Å². The number of aryl methyl sites for hydroxylation is 2. The monoisotopic (exact) mass is 572 g/mol. The summed E-state index contributed by atoms with van der Waals surface area (Å²) in [6.07, 6.45) is 6.22. The van der Waals surface area contributed by atoms with E-state index in [4.69, 9.17) is 0 Å². The molecular formula is C37H38Zr-4. The van der Waals surface area contributed by atoms with E-state index in [0.717, 1.165) is 6.42 Å². The summed E-state index contributed by atoms with van der Waals surface area (Å²) in [5.74, 6) is 0. The fourth-order valence-electron chi connectivity index (χ4n) is 4.26. The van der Waals surface area contributed by atoms with Crippen LogP contribution < -0.4 is 0 Å². The van der Waals surface area contributed by atoms with Gasteiger partial charge in [-0.15, -0.1) is 53.1 Å². The van der Waals surface area contributed by atoms with Gasteiger partial charge in [0.15, 0.2) is 0 Å². The zero-order valence-electron chi connectivity index (χ0n) is 23.6. The van der Waals surface area contributed by atoms with Gasteiger partial charge in [0.25, 0.3) is 0 Å². The summed E-state index contributed by atoms with van der Waals surface area (Å²) in [6, 6.07) is 36.7. The number of benzene rings is 4. The third kappa shape index (κ3) is 7.99. The summed E-state index contributed by atoms with van der Waals surface area (Å²) in [4.78, 5) is 0. The molecule has 0 aliphatic heterocycles. The maximum atomic E-state index is 3.12. The van der Waals surface area contributed by atoms with Gasteiger partial charge in [-0.05, 0) is 13.8 Å². The molecule has 5 aromatic carbocycles. The van der Waals surface area contributed by atoms with Gasteiger partial charge in [-0.3, -0.25) is 6.08 Å². The Morgan fingerprint density at radius 2 is 1.11 bits per heavy atom. The van der Waals surface area contributed by atoms with E-state index in [0.29, 0.717) is 0 Å². The van der Waals surface area contributed by atoms with Crippen molar-refractivity contribution >= 4 is 24.8 Å². The van der Waals surface area contributed by atoms with E-state index in [1.807, 2.05) is 0 Å². The molecule has 0 spiro atoms. The quantitative estimate of drug-likeness (QED) is 0.184. The second kappa shape index (κ2) is 14.8. The molecule has 0 bridgehead atoms. The average molecular weight is 574 g/mol. The first-order valence-electron chi connectivity index (χ1n) is 12.4. The number of rotatable bonds is 2. The van der Waals surface area contributed by atoms with Gasteiger partial charge >= 0.3 is 99.2 Å². The molecule has 0 unspecified atom stereocenters. The molecule has 194 valence electrons. The predicted molar refractivity (Wildman–Crippen MR) is 166 cm³/mol. The van der Waals surface area contributed by atoms with E-state index in [1.165, 1.54) is 82.4 Å². The third-order valence-corrected chi connectivity index (χ3v) is 7.92. The SMILES string of the molecule is CC1=C(C)C[C-]=C1.Cc1ccc2c(c1)[cH-]c1cc(C)ccc12.[CH3-].[CH3-].[Zr]=[C](c1ccccc1)c1ccccc1. The van der Waals surface area contributed by atoms with Crippen molar-refractivity contribution in [3.05, 3.63) is 164 Å². The molecule has 0 atom stereocenters. The van der Waals surface area contributed by atoms with Crippen LogP contribution in [-0.2, 0) is 24.2 Å². The first-order valence-corrected chi connectivity index (χ1v) is 13.6. The molecule has 1 aliphatic carbocycles. The molecule has 0 heterocycles. The van der Waals surface area contributed by atoms with Crippen molar-refractivity contribution in [1.82, 2.24) is 0 Å². The second-order valence-electron chi connectivity index (χ2n) is 9.42. The van der Waals surface area contributed by atoms with Crippen LogP contribution in [0, 0.1) is 34.8 Å². The molecule has 0 radical (unpaired) electrons. The molecule has 0 saturated heterocycles. The van der Waals surface area contributed by atoms with Gasteiger partial charge in [0.2, 0.25) is 0 Å². The summed E-state index contributed by atoms with van der Waals surface area (Å²) in [5.41, 5.74) is 8.16. The molecule has 6 rings (SSSR count). The molecule has 5 aromatic rings. The van der Waals surface area contributed by atoms with Crippen molar-refractivity contribution < 1.29 is 24.2 Å². The van der Waals surface area contributed by atoms with Crippen LogP contribution in [0.15, 0.2) is 120 Å². The van der Waals surface area contributed by atoms with Crippen molar-refractivity contribution in [3.8, 4) is 0 Å². The van der Waals surface area contributed by atoms with Crippen molar-refractivity contribution in [2.24, 2.45) is 0 Å². The summed E-state index contributed by atoms with van der Waals surface area (Å²) >= 11 is 1.46. The molecule has 0 saturated carbocycles. The Morgan fingerprint density at radius 1 is 0.658 bits per heavy atom. The summed E-state index contributed by atoms with van der Waals surface area (Å²) in [7, 11) is 0. The van der Waals surface area contributed by atoms with Crippen LogP contribution in [0.3, 0.4) is 0 Å². The van der Waals surface area contributed by atoms with Crippen molar-refractivity contribution in [2.75, 3.05) is 0 Å². The fraction of sp³-hybridized carbons (Fsp3) is 0.135. The van der Waals surface area contributed by atoms with Gasteiger partial charge in [-0.1, -0.05) is 42.3 Å². The van der Waals surface area contributed by atoms with Crippen molar-refractivity contribution in [1.29, 1.82) is 0 Å². The molecule has 1 heteroatoms. The van der Waals surface area contributed by atoms with E-state index in [1.54, 1.807) is 0 Å². The third-order valence-electron chi connectivity index (χ3n) is 6.50. The molecule has 0 aromatic heterocycles. The fourth-order valence-corrected chi connectivity index (χ4v) is 5.08. The van der Waals surface area contributed by atoms with Crippen LogP contribution in [0.5, 0.6) is 0 Å². The van der Waals surface area contributed by atoms with Crippen LogP contribution in [0.1, 0.15) is 42.5 Å². The molecule has 1 aliphatic rings. The van der Waals surface area contributed by atoms with Crippen LogP contribution in [0.2, 0.25) is 0 Å². The first-order chi connectivity index (χ1) is 17.4. The van der Waals surface area contributed by atoms with Crippen molar-refractivity contribution in [2.45, 2.75) is 34.1 Å². The first kappa shape index (κ1) is 31.2. The molecular weight excluding hydrogens is 536 g/mol. The van der Waals surface area contributed by atoms with Gasteiger partial charge in [-0.25, -0.2) is 11.6 Å². The van der Waals surface area contributed by atoms with Crippen LogP contribution in [0.25, 0.3) is 21.5 Å². The maximum absolute atomic E-state index is 3.12. The van der Waals surface area contributed by atoms with E-state index in [9.17, 15) is 0 Å². The number of allylic oxidation sites excluding steroid dienone is 4. The Bertz CT molecular complexity index is 1430. The zero-order chi connectivity index (χ0) is 25.5. The molecule has 0 amide bonds. The van der Waals surface area contributed by atoms with Gasteiger partial charge in [0.1, 0.15) is 0 Å². The van der Waals surface area contributed by atoms with E-state index >= 15 is 0 Å². The minimum absolute atomic E-state index is 0. The summed E-state index contributed by atoms with van der Waals surface area (Å²) in [6.45, 7) is 8.55. The second-order valence-corrected chi connectivity index (χ2v) is 10.7. The van der Waals surface area contributed by atoms with Gasteiger partial charge < -0.3 is 14.9 Å². The van der Waals surface area contributed by atoms with E-state index in [-0.39, 0.29) is 14.9 Å². The van der Waals surface area contributed by atoms with E-state index < -0.39 is 0 Å². The van der Waals surface area contributed by atoms with E-state index in [2.05, 4.69) is 143 Å². The predicted octanol–water partition coefficient (Wildman–Crippen LogP) is 10.1. The normalized spacial score (nSPS) is 11.6. The molecule has 0 nitrogen and oxygen atoms in total. The summed E-state index contributed by atoms with van der Waals surface area (Å²) in [5, 5.41) is 5.46. The van der Waals surface area contributed by atoms with Crippen LogP contribution in [0.4, 0.5) is 0 Å². The van der Waals surface area contributed by atoms with Gasteiger partial charge in [-0.2, -0.15) is 5.57 Å². The zero-order valence-corrected chi connectivity index (χ0v) is 26.1. The van der Waals surface area contributed by atoms with Gasteiger partial charge in [0.05, 0.1) is 0 Å². The van der Waals surface area contributed by atoms with Crippen LogP contribution >= 0.6 is 0 Å².